The van der Waals surface area contributed by atoms with E-state index in [1.54, 1.807) is 0 Å². The zero-order chi connectivity index (χ0) is 34.8. The number of esters is 1. The van der Waals surface area contributed by atoms with Gasteiger partial charge in [0.15, 0.2) is 5.96 Å². The first-order valence-corrected chi connectivity index (χ1v) is 16.2. The molecule has 0 aliphatic carbocycles. The number of carbonyl (C=O) groups excluding carboxylic acids is 7. The maximum Gasteiger partial charge on any atom is 0.328 e. The molecule has 5 atom stereocenters. The highest BCUT2D eigenvalue weighted by Crippen LogP contribution is 2.20. The second-order valence-electron chi connectivity index (χ2n) is 12.1. The number of primary amides is 1. The van der Waals surface area contributed by atoms with Crippen molar-refractivity contribution < 1.29 is 38.3 Å². The molecule has 0 aromatic heterocycles. The first kappa shape index (κ1) is 37.3. The quantitative estimate of drug-likeness (QED) is 0.0211. The van der Waals surface area contributed by atoms with Gasteiger partial charge in [-0.05, 0) is 25.2 Å². The third-order valence-corrected chi connectivity index (χ3v) is 8.47. The van der Waals surface area contributed by atoms with Crippen LogP contribution in [0.5, 0.6) is 0 Å². The largest absolute Gasteiger partial charge is 0.464 e. The van der Waals surface area contributed by atoms with Crippen LogP contribution in [0.4, 0.5) is 4.79 Å². The third-order valence-electron chi connectivity index (χ3n) is 8.12. The first-order chi connectivity index (χ1) is 22.2. The highest BCUT2D eigenvalue weighted by molar-refractivity contribution is 7.80. The van der Waals surface area contributed by atoms with Gasteiger partial charge in [-0.15, -0.1) is 0 Å². The van der Waals surface area contributed by atoms with Crippen molar-refractivity contribution in [2.75, 3.05) is 45.1 Å². The molecule has 0 aromatic carbocycles. The number of piperazine rings is 1. The minimum absolute atomic E-state index is 0.0957. The fraction of sp³-hybridized carbons (Fsp3) is 0.714. The van der Waals surface area contributed by atoms with E-state index in [0.29, 0.717) is 32.4 Å². The summed E-state index contributed by atoms with van der Waals surface area (Å²) in [4.78, 5) is 97.3. The van der Waals surface area contributed by atoms with E-state index in [2.05, 4.69) is 33.6 Å². The second-order valence-corrected chi connectivity index (χ2v) is 12.5. The molecule has 3 aliphatic heterocycles. The van der Waals surface area contributed by atoms with Gasteiger partial charge in [-0.25, -0.2) is 14.5 Å². The van der Waals surface area contributed by atoms with Gasteiger partial charge in [0.25, 0.3) is 5.91 Å². The smallest absolute Gasteiger partial charge is 0.328 e. The van der Waals surface area contributed by atoms with Crippen molar-refractivity contribution in [2.24, 2.45) is 28.1 Å². The van der Waals surface area contributed by atoms with Gasteiger partial charge >= 0.3 is 12.0 Å². The van der Waals surface area contributed by atoms with Gasteiger partial charge in [0.1, 0.15) is 24.2 Å². The van der Waals surface area contributed by atoms with Crippen LogP contribution in [0, 0.1) is 5.92 Å². The molecule has 3 rings (SSSR count). The molecule has 0 spiro atoms. The van der Waals surface area contributed by atoms with Crippen LogP contribution in [0.1, 0.15) is 46.0 Å². The summed E-state index contributed by atoms with van der Waals surface area (Å²) in [6, 6.07) is -5.55. The number of guanidine groups is 1. The fourth-order valence-corrected chi connectivity index (χ4v) is 6.05. The van der Waals surface area contributed by atoms with Crippen LogP contribution in [-0.4, -0.2) is 137 Å². The molecule has 3 fully saturated rings. The van der Waals surface area contributed by atoms with Crippen molar-refractivity contribution in [2.45, 2.75) is 76.2 Å². The van der Waals surface area contributed by atoms with Gasteiger partial charge in [0.05, 0.1) is 19.1 Å². The van der Waals surface area contributed by atoms with Crippen LogP contribution in [0.3, 0.4) is 0 Å². The lowest BCUT2D eigenvalue weighted by molar-refractivity contribution is -0.143. The van der Waals surface area contributed by atoms with Crippen molar-refractivity contribution in [3.8, 4) is 0 Å². The summed E-state index contributed by atoms with van der Waals surface area (Å²) in [6.07, 6.45) is 0.991. The SMILES string of the molecule is CC(C)C[C@@H](C(=O)N[C@H](CCCN=C(N)N)C(=O)NC1CCOC1=O)N1CCN(C(=O)[C@H](CS)N2C(=O)N[C@H](CC(N)=O)C2=O)CC1. The number of nitrogens with zero attached hydrogens (tertiary/aromatic N) is 4. The van der Waals surface area contributed by atoms with E-state index in [-0.39, 0.29) is 56.2 Å². The van der Waals surface area contributed by atoms with Gasteiger partial charge < -0.3 is 42.8 Å². The maximum absolute atomic E-state index is 13.8. The minimum atomic E-state index is -1.19. The number of urea groups is 1. The zero-order valence-electron chi connectivity index (χ0n) is 26.7. The Hall–Kier alpha value is -4.13. The van der Waals surface area contributed by atoms with Crippen LogP contribution < -0.4 is 33.2 Å². The number of nitrogens with one attached hydrogen (secondary N) is 3. The molecular weight excluding hydrogens is 636 g/mol. The number of aliphatic imine (C=N–C) groups is 1. The van der Waals surface area contributed by atoms with Crippen molar-refractivity contribution in [3.05, 3.63) is 0 Å². The summed E-state index contributed by atoms with van der Waals surface area (Å²) < 4.78 is 4.94. The highest BCUT2D eigenvalue weighted by atomic mass is 32.1. The van der Waals surface area contributed by atoms with Crippen molar-refractivity contribution >= 4 is 60.1 Å². The predicted octanol–water partition coefficient (Wildman–Crippen LogP) is -3.39. The lowest BCUT2D eigenvalue weighted by Gasteiger charge is -2.41. The molecular formula is C28H46N10O8S. The molecule has 3 saturated heterocycles. The normalized spacial score (nSPS) is 21.9. The monoisotopic (exact) mass is 682 g/mol. The van der Waals surface area contributed by atoms with Gasteiger partial charge in [-0.2, -0.15) is 12.6 Å². The second kappa shape index (κ2) is 17.1. The van der Waals surface area contributed by atoms with Gasteiger partial charge in [-0.1, -0.05) is 13.8 Å². The number of carbonyl (C=O) groups is 7. The molecule has 0 radical (unpaired) electrons. The average Bonchev–Trinajstić information content (AvgIpc) is 3.53. The van der Waals surface area contributed by atoms with E-state index >= 15 is 0 Å². The van der Waals surface area contributed by atoms with Crippen molar-refractivity contribution in [3.63, 3.8) is 0 Å². The Bertz CT molecular complexity index is 1240. The van der Waals surface area contributed by atoms with Gasteiger partial charge in [0, 0.05) is 44.9 Å². The molecule has 0 saturated carbocycles. The lowest BCUT2D eigenvalue weighted by atomic mass is 9.99. The molecule has 262 valence electrons. The standard InChI is InChI=1S/C28H46N10O8S/c1-15(2)12-19(23(41)33-16(4-3-6-32-27(30)31)22(40)34-17-5-11-46-26(17)44)36-7-9-37(10-8-36)25(43)20(14-47)38-24(42)18(13-21(29)39)35-28(38)45/h15-20,47H,3-14H2,1-2H3,(H2,29,39)(H,33,41)(H,34,40)(H,35,45)(H4,30,31,32)/t16-,17?,18-,19+,20+/m1/s1. The molecule has 9 N–H and O–H groups in total. The average molecular weight is 683 g/mol. The maximum atomic E-state index is 13.8. The van der Waals surface area contributed by atoms with E-state index in [1.807, 2.05) is 18.7 Å². The number of ether oxygens (including phenoxy) is 1. The summed E-state index contributed by atoms with van der Waals surface area (Å²) in [7, 11) is 0. The van der Waals surface area contributed by atoms with Crippen LogP contribution in [-0.2, 0) is 33.5 Å². The summed E-state index contributed by atoms with van der Waals surface area (Å²) in [5, 5.41) is 7.90. The van der Waals surface area contributed by atoms with E-state index in [1.165, 1.54) is 4.90 Å². The topological polar surface area (TPSA) is 265 Å². The summed E-state index contributed by atoms with van der Waals surface area (Å²) in [5.74, 6) is -3.56. The molecule has 19 heteroatoms. The van der Waals surface area contributed by atoms with Crippen LogP contribution >= 0.6 is 12.6 Å². The third kappa shape index (κ3) is 10.2. The predicted molar refractivity (Wildman–Crippen MR) is 171 cm³/mol. The lowest BCUT2D eigenvalue weighted by Crippen LogP contribution is -2.61. The number of thiol groups is 1. The molecule has 7 amide bonds. The van der Waals surface area contributed by atoms with Crippen LogP contribution in [0.25, 0.3) is 0 Å². The Kier molecular flexibility index (Phi) is 13.6. The summed E-state index contributed by atoms with van der Waals surface area (Å²) in [5.41, 5.74) is 16.0. The number of imide groups is 1. The number of rotatable bonds is 16. The molecule has 0 bridgehead atoms. The Balaban J connectivity index is 1.67. The molecule has 47 heavy (non-hydrogen) atoms. The zero-order valence-corrected chi connectivity index (χ0v) is 27.6. The number of nitrogens with two attached hydrogens (primary N) is 3. The highest BCUT2D eigenvalue weighted by Gasteiger charge is 2.46. The fourth-order valence-electron chi connectivity index (χ4n) is 5.73. The molecule has 3 aliphatic rings. The van der Waals surface area contributed by atoms with Gasteiger partial charge in [0.2, 0.25) is 23.6 Å². The Morgan fingerprint density at radius 2 is 1.72 bits per heavy atom. The molecule has 0 aromatic rings. The van der Waals surface area contributed by atoms with Crippen LogP contribution in [0.15, 0.2) is 4.99 Å². The van der Waals surface area contributed by atoms with E-state index in [9.17, 15) is 33.6 Å². The minimum Gasteiger partial charge on any atom is -0.464 e. The van der Waals surface area contributed by atoms with E-state index in [0.717, 1.165) is 4.90 Å². The van der Waals surface area contributed by atoms with Gasteiger partial charge in [-0.3, -0.25) is 33.9 Å². The van der Waals surface area contributed by atoms with Crippen molar-refractivity contribution in [1.82, 2.24) is 30.7 Å². The molecule has 18 nitrogen and oxygen atoms in total. The Morgan fingerprint density at radius 3 is 2.28 bits per heavy atom. The van der Waals surface area contributed by atoms with Crippen LogP contribution in [0.2, 0.25) is 0 Å². The first-order valence-electron chi connectivity index (χ1n) is 15.6. The Labute approximate surface area is 278 Å². The summed E-state index contributed by atoms with van der Waals surface area (Å²) in [6.45, 7) is 5.37. The number of amides is 7. The van der Waals surface area contributed by atoms with E-state index < -0.39 is 72.3 Å². The van der Waals surface area contributed by atoms with E-state index in [4.69, 9.17) is 21.9 Å². The number of cyclic esters (lactones) is 1. The number of hydrogen-bond acceptors (Lipinski definition) is 11. The summed E-state index contributed by atoms with van der Waals surface area (Å²) >= 11 is 4.22. The van der Waals surface area contributed by atoms with Crippen molar-refractivity contribution in [1.29, 1.82) is 0 Å². The molecule has 1 unspecified atom stereocenters. The molecule has 3 heterocycles. The number of hydrogen-bond donors (Lipinski definition) is 7. The Morgan fingerprint density at radius 1 is 1.04 bits per heavy atom.